The SMILES string of the molecule is Cc1ccc(Cn2c(=O)c(N3CCC[C@H](C(=O)NC4CCCC4)C3)nc3cccnc32)cc1. The first-order valence-corrected chi connectivity index (χ1v) is 12.0. The van der Waals surface area contributed by atoms with Crippen LogP contribution < -0.4 is 15.8 Å². The van der Waals surface area contributed by atoms with E-state index in [1.54, 1.807) is 10.8 Å². The minimum Gasteiger partial charge on any atom is -0.353 e. The number of carbonyl (C=O) groups excluding carboxylic acids is 1. The van der Waals surface area contributed by atoms with Crippen LogP contribution in [-0.4, -0.2) is 39.6 Å². The summed E-state index contributed by atoms with van der Waals surface area (Å²) < 4.78 is 1.71. The molecule has 33 heavy (non-hydrogen) atoms. The molecule has 1 amide bonds. The maximum Gasteiger partial charge on any atom is 0.295 e. The van der Waals surface area contributed by atoms with Crippen LogP contribution in [0.3, 0.4) is 0 Å². The van der Waals surface area contributed by atoms with Gasteiger partial charge in [0.15, 0.2) is 11.5 Å². The number of nitrogens with zero attached hydrogens (tertiary/aromatic N) is 4. The van der Waals surface area contributed by atoms with Crippen molar-refractivity contribution < 1.29 is 4.79 Å². The van der Waals surface area contributed by atoms with Crippen LogP contribution in [0.4, 0.5) is 5.82 Å². The van der Waals surface area contributed by atoms with Gasteiger partial charge in [-0.25, -0.2) is 9.97 Å². The van der Waals surface area contributed by atoms with E-state index >= 15 is 0 Å². The Balaban J connectivity index is 1.44. The van der Waals surface area contributed by atoms with Gasteiger partial charge in [-0.05, 0) is 50.3 Å². The lowest BCUT2D eigenvalue weighted by atomic mass is 9.96. The van der Waals surface area contributed by atoms with Crippen molar-refractivity contribution >= 4 is 22.9 Å². The molecule has 5 rings (SSSR count). The van der Waals surface area contributed by atoms with Crippen molar-refractivity contribution in [1.29, 1.82) is 0 Å². The fraction of sp³-hybridized carbons (Fsp3) is 0.462. The molecule has 3 aromatic rings. The molecule has 172 valence electrons. The lowest BCUT2D eigenvalue weighted by Gasteiger charge is -2.33. The van der Waals surface area contributed by atoms with Gasteiger partial charge in [0.1, 0.15) is 5.52 Å². The molecule has 7 heteroatoms. The van der Waals surface area contributed by atoms with E-state index in [4.69, 9.17) is 4.98 Å². The third kappa shape index (κ3) is 4.63. The van der Waals surface area contributed by atoms with Crippen LogP contribution in [0.25, 0.3) is 11.2 Å². The van der Waals surface area contributed by atoms with Crippen molar-refractivity contribution in [3.8, 4) is 0 Å². The number of carbonyl (C=O) groups is 1. The molecule has 1 atom stereocenters. The molecule has 1 N–H and O–H groups in total. The second-order valence-electron chi connectivity index (χ2n) is 9.43. The topological polar surface area (TPSA) is 80.1 Å². The molecule has 7 nitrogen and oxygen atoms in total. The third-order valence-corrected chi connectivity index (χ3v) is 6.94. The van der Waals surface area contributed by atoms with Crippen molar-refractivity contribution in [2.24, 2.45) is 5.92 Å². The van der Waals surface area contributed by atoms with Gasteiger partial charge < -0.3 is 10.2 Å². The minimum absolute atomic E-state index is 0.115. The molecule has 1 saturated carbocycles. The number of hydrogen-bond acceptors (Lipinski definition) is 5. The van der Waals surface area contributed by atoms with Crippen LogP contribution in [0, 0.1) is 12.8 Å². The van der Waals surface area contributed by atoms with Crippen LogP contribution in [0.1, 0.15) is 49.7 Å². The fourth-order valence-corrected chi connectivity index (χ4v) is 5.06. The van der Waals surface area contributed by atoms with Gasteiger partial charge in [-0.15, -0.1) is 0 Å². The van der Waals surface area contributed by atoms with Crippen LogP contribution in [0.15, 0.2) is 47.4 Å². The van der Waals surface area contributed by atoms with Crippen LogP contribution >= 0.6 is 0 Å². The summed E-state index contributed by atoms with van der Waals surface area (Å²) >= 11 is 0. The van der Waals surface area contributed by atoms with Crippen molar-refractivity contribution in [2.75, 3.05) is 18.0 Å². The summed E-state index contributed by atoms with van der Waals surface area (Å²) in [7, 11) is 0. The van der Waals surface area contributed by atoms with Crippen molar-refractivity contribution in [3.63, 3.8) is 0 Å². The summed E-state index contributed by atoms with van der Waals surface area (Å²) in [4.78, 5) is 37.7. The number of benzene rings is 1. The van der Waals surface area contributed by atoms with Crippen LogP contribution in [-0.2, 0) is 11.3 Å². The maximum atomic E-state index is 13.6. The number of aromatic nitrogens is 3. The van der Waals surface area contributed by atoms with E-state index in [2.05, 4.69) is 22.4 Å². The molecule has 1 aliphatic carbocycles. The zero-order valence-electron chi connectivity index (χ0n) is 19.2. The van der Waals surface area contributed by atoms with E-state index in [0.29, 0.717) is 36.1 Å². The van der Waals surface area contributed by atoms with Gasteiger partial charge in [0.05, 0.1) is 12.5 Å². The van der Waals surface area contributed by atoms with E-state index in [-0.39, 0.29) is 17.4 Å². The second-order valence-corrected chi connectivity index (χ2v) is 9.43. The predicted octanol–water partition coefficient (Wildman–Crippen LogP) is 3.42. The molecule has 2 fully saturated rings. The quantitative estimate of drug-likeness (QED) is 0.651. The molecule has 0 spiro atoms. The zero-order chi connectivity index (χ0) is 22.8. The Morgan fingerprint density at radius 1 is 1.09 bits per heavy atom. The molecule has 3 heterocycles. The third-order valence-electron chi connectivity index (χ3n) is 6.94. The Labute approximate surface area is 193 Å². The number of amides is 1. The summed E-state index contributed by atoms with van der Waals surface area (Å²) in [6.07, 6.45) is 7.94. The molecule has 0 bridgehead atoms. The number of fused-ring (bicyclic) bond motifs is 1. The van der Waals surface area contributed by atoms with Crippen molar-refractivity contribution in [1.82, 2.24) is 19.9 Å². The Kier molecular flexibility index (Phi) is 6.11. The number of hydrogen-bond donors (Lipinski definition) is 1. The zero-order valence-corrected chi connectivity index (χ0v) is 19.2. The van der Waals surface area contributed by atoms with Crippen molar-refractivity contribution in [3.05, 3.63) is 64.1 Å². The molecule has 2 aliphatic rings. The highest BCUT2D eigenvalue weighted by Gasteiger charge is 2.30. The summed E-state index contributed by atoms with van der Waals surface area (Å²) in [5, 5.41) is 3.23. The Hall–Kier alpha value is -3.22. The van der Waals surface area contributed by atoms with E-state index in [9.17, 15) is 9.59 Å². The average Bonchev–Trinajstić information content (AvgIpc) is 3.35. The molecule has 1 aliphatic heterocycles. The smallest absolute Gasteiger partial charge is 0.295 e. The Bertz CT molecular complexity index is 1200. The number of aryl methyl sites for hydroxylation is 1. The molecule has 0 unspecified atom stereocenters. The summed E-state index contributed by atoms with van der Waals surface area (Å²) in [5.74, 6) is 0.422. The maximum absolute atomic E-state index is 13.6. The molecule has 2 aromatic heterocycles. The average molecular weight is 446 g/mol. The first-order valence-electron chi connectivity index (χ1n) is 12.0. The number of rotatable bonds is 5. The molecule has 1 aromatic carbocycles. The van der Waals surface area contributed by atoms with Crippen LogP contribution in [0.2, 0.25) is 0 Å². The minimum atomic E-state index is -0.154. The molecular formula is C26H31N5O2. The van der Waals surface area contributed by atoms with E-state index < -0.39 is 0 Å². The Morgan fingerprint density at radius 3 is 2.67 bits per heavy atom. The normalized spacial score (nSPS) is 19.2. The number of piperidine rings is 1. The summed E-state index contributed by atoms with van der Waals surface area (Å²) in [6.45, 7) is 3.73. The predicted molar refractivity (Wildman–Crippen MR) is 129 cm³/mol. The van der Waals surface area contributed by atoms with Gasteiger partial charge in [0.25, 0.3) is 5.56 Å². The monoisotopic (exact) mass is 445 g/mol. The highest BCUT2D eigenvalue weighted by atomic mass is 16.2. The first kappa shape index (κ1) is 21.6. The molecule has 1 saturated heterocycles. The van der Waals surface area contributed by atoms with E-state index in [0.717, 1.165) is 37.8 Å². The summed E-state index contributed by atoms with van der Waals surface area (Å²) in [6, 6.07) is 12.2. The first-order chi connectivity index (χ1) is 16.1. The van der Waals surface area contributed by atoms with Gasteiger partial charge >= 0.3 is 0 Å². The molecule has 0 radical (unpaired) electrons. The Morgan fingerprint density at radius 2 is 1.88 bits per heavy atom. The van der Waals surface area contributed by atoms with Crippen LogP contribution in [0.5, 0.6) is 0 Å². The highest BCUT2D eigenvalue weighted by molar-refractivity contribution is 5.80. The van der Waals surface area contributed by atoms with Gasteiger partial charge in [-0.3, -0.25) is 14.2 Å². The summed E-state index contributed by atoms with van der Waals surface area (Å²) in [5.41, 5.74) is 3.34. The number of anilines is 1. The molecular weight excluding hydrogens is 414 g/mol. The van der Waals surface area contributed by atoms with Gasteiger partial charge in [-0.1, -0.05) is 42.7 Å². The highest BCUT2D eigenvalue weighted by Crippen LogP contribution is 2.23. The van der Waals surface area contributed by atoms with Gasteiger partial charge in [0, 0.05) is 25.3 Å². The van der Waals surface area contributed by atoms with E-state index in [1.807, 2.05) is 36.1 Å². The number of nitrogens with one attached hydrogen (secondary N) is 1. The lowest BCUT2D eigenvalue weighted by molar-refractivity contribution is -0.125. The second kappa shape index (κ2) is 9.33. The number of pyridine rings is 1. The lowest BCUT2D eigenvalue weighted by Crippen LogP contribution is -2.47. The van der Waals surface area contributed by atoms with Gasteiger partial charge in [0.2, 0.25) is 5.91 Å². The fourth-order valence-electron chi connectivity index (χ4n) is 5.06. The van der Waals surface area contributed by atoms with E-state index in [1.165, 1.54) is 18.4 Å². The largest absolute Gasteiger partial charge is 0.353 e. The standard InChI is InChI=1S/C26H31N5O2/c1-18-10-12-19(13-11-18)16-31-23-22(9-4-14-27-23)29-24(26(31)33)30-15-5-6-20(17-30)25(32)28-21-7-2-3-8-21/h4,9-14,20-21H,2-3,5-8,15-17H2,1H3,(H,28,32)/t20-/m0/s1. The van der Waals surface area contributed by atoms with Crippen molar-refractivity contribution in [2.45, 2.75) is 58.0 Å². The van der Waals surface area contributed by atoms with Gasteiger partial charge in [-0.2, -0.15) is 0 Å².